The van der Waals surface area contributed by atoms with Crippen LogP contribution >= 0.6 is 0 Å². The summed E-state index contributed by atoms with van der Waals surface area (Å²) in [5.74, 6) is 2.24. The van der Waals surface area contributed by atoms with Crippen molar-refractivity contribution >= 4 is 17.5 Å². The summed E-state index contributed by atoms with van der Waals surface area (Å²) in [6, 6.07) is 5.95. The lowest BCUT2D eigenvalue weighted by atomic mass is 10.1. The lowest BCUT2D eigenvalue weighted by Gasteiger charge is -2.37. The number of piperazine rings is 1. The quantitative estimate of drug-likeness (QED) is 0.397. The molecular formula is C23H36N8O. The van der Waals surface area contributed by atoms with Gasteiger partial charge >= 0.3 is 0 Å². The minimum Gasteiger partial charge on any atom is -0.357 e. The van der Waals surface area contributed by atoms with Crippen molar-refractivity contribution in [1.82, 2.24) is 34.6 Å². The Morgan fingerprint density at radius 2 is 1.84 bits per heavy atom. The Hall–Kier alpha value is -2.68. The van der Waals surface area contributed by atoms with Gasteiger partial charge in [0.15, 0.2) is 11.6 Å². The van der Waals surface area contributed by atoms with Crippen molar-refractivity contribution in [2.24, 2.45) is 4.99 Å². The third-order valence-corrected chi connectivity index (χ3v) is 6.28. The van der Waals surface area contributed by atoms with Crippen LogP contribution in [-0.2, 0) is 11.2 Å². The summed E-state index contributed by atoms with van der Waals surface area (Å²) >= 11 is 0. The zero-order valence-electron chi connectivity index (χ0n) is 19.2. The molecule has 4 rings (SSSR count). The van der Waals surface area contributed by atoms with Crippen molar-refractivity contribution in [3.63, 3.8) is 0 Å². The molecule has 0 aliphatic carbocycles. The number of carbonyl (C=O) groups is 1. The van der Waals surface area contributed by atoms with Crippen molar-refractivity contribution in [1.29, 1.82) is 0 Å². The zero-order chi connectivity index (χ0) is 22.2. The van der Waals surface area contributed by atoms with Crippen LogP contribution in [0.3, 0.4) is 0 Å². The molecule has 1 N–H and O–H groups in total. The topological polar surface area (TPSA) is 81.4 Å². The first kappa shape index (κ1) is 22.5. The van der Waals surface area contributed by atoms with E-state index in [1.165, 1.54) is 6.42 Å². The van der Waals surface area contributed by atoms with Crippen LogP contribution in [-0.4, -0.2) is 100 Å². The first-order valence-electron chi connectivity index (χ1n) is 12.1. The molecule has 0 aromatic carbocycles. The minimum absolute atomic E-state index is 0.291. The van der Waals surface area contributed by atoms with Crippen LogP contribution < -0.4 is 5.32 Å². The van der Waals surface area contributed by atoms with Crippen LogP contribution in [0.4, 0.5) is 0 Å². The highest BCUT2D eigenvalue weighted by Gasteiger charge is 2.24. The summed E-state index contributed by atoms with van der Waals surface area (Å²) in [4.78, 5) is 24.1. The number of fused-ring (bicyclic) bond motifs is 1. The molecule has 2 aliphatic rings. The number of pyridine rings is 1. The fourth-order valence-corrected chi connectivity index (χ4v) is 4.46. The standard InChI is InChI=1S/C23H36N8O/c1-2-24-23(25-11-8-10-21-27-26-20-9-4-7-14-31(20)21)30-17-15-28(16-18-30)19-22(32)29-12-5-3-6-13-29/h4,7,9,14H,2-3,5-6,8,10-13,15-19H2,1H3,(H,24,25). The molecule has 4 heterocycles. The minimum atomic E-state index is 0.291. The van der Waals surface area contributed by atoms with Gasteiger partial charge in [0.2, 0.25) is 5.91 Å². The molecule has 0 unspecified atom stereocenters. The number of carbonyl (C=O) groups excluding carboxylic acids is 1. The van der Waals surface area contributed by atoms with Gasteiger partial charge in [-0.1, -0.05) is 6.07 Å². The summed E-state index contributed by atoms with van der Waals surface area (Å²) in [6.45, 7) is 9.70. The van der Waals surface area contributed by atoms with E-state index in [9.17, 15) is 4.79 Å². The van der Waals surface area contributed by atoms with Gasteiger partial charge in [0.05, 0.1) is 6.54 Å². The fourth-order valence-electron chi connectivity index (χ4n) is 4.46. The van der Waals surface area contributed by atoms with Crippen LogP contribution in [0, 0.1) is 0 Å². The summed E-state index contributed by atoms with van der Waals surface area (Å²) in [7, 11) is 0. The number of aryl methyl sites for hydroxylation is 1. The number of hydrogen-bond acceptors (Lipinski definition) is 5. The number of nitrogens with one attached hydrogen (secondary N) is 1. The number of aliphatic imine (C=N–C) groups is 1. The SMILES string of the molecule is CCNC(=NCCCc1nnc2ccccn12)N1CCN(CC(=O)N2CCCCC2)CC1. The van der Waals surface area contributed by atoms with Gasteiger partial charge < -0.3 is 15.1 Å². The van der Waals surface area contributed by atoms with Gasteiger partial charge in [-0.15, -0.1) is 10.2 Å². The Morgan fingerprint density at radius 1 is 1.03 bits per heavy atom. The van der Waals surface area contributed by atoms with Crippen molar-refractivity contribution < 1.29 is 4.79 Å². The lowest BCUT2D eigenvalue weighted by molar-refractivity contribution is -0.133. The third-order valence-electron chi connectivity index (χ3n) is 6.28. The molecule has 0 bridgehead atoms. The second kappa shape index (κ2) is 11.3. The predicted molar refractivity (Wildman–Crippen MR) is 126 cm³/mol. The molecule has 0 radical (unpaired) electrons. The molecule has 1 amide bonds. The first-order chi connectivity index (χ1) is 15.7. The van der Waals surface area contributed by atoms with Gasteiger partial charge in [-0.25, -0.2) is 0 Å². The molecule has 32 heavy (non-hydrogen) atoms. The maximum Gasteiger partial charge on any atom is 0.236 e. The Labute approximate surface area is 190 Å². The number of hydrogen-bond donors (Lipinski definition) is 1. The van der Waals surface area contributed by atoms with E-state index in [0.717, 1.165) is 95.5 Å². The largest absolute Gasteiger partial charge is 0.357 e. The number of guanidine groups is 1. The Kier molecular flexibility index (Phi) is 7.92. The van der Waals surface area contributed by atoms with Gasteiger partial charge in [0, 0.05) is 65.0 Å². The maximum absolute atomic E-state index is 12.6. The van der Waals surface area contributed by atoms with Crippen molar-refractivity contribution in [2.75, 3.05) is 58.9 Å². The molecule has 174 valence electrons. The molecule has 0 spiro atoms. The summed E-state index contributed by atoms with van der Waals surface area (Å²) in [5.41, 5.74) is 0.885. The first-order valence-corrected chi connectivity index (χ1v) is 12.1. The van der Waals surface area contributed by atoms with E-state index >= 15 is 0 Å². The summed E-state index contributed by atoms with van der Waals surface area (Å²) in [6.07, 6.45) is 7.33. The number of amides is 1. The van der Waals surface area contributed by atoms with Gasteiger partial charge in [-0.05, 0) is 44.7 Å². The van der Waals surface area contributed by atoms with Gasteiger partial charge in [0.1, 0.15) is 5.82 Å². The van der Waals surface area contributed by atoms with E-state index in [1.807, 2.05) is 33.7 Å². The van der Waals surface area contributed by atoms with Crippen LogP contribution in [0.2, 0.25) is 0 Å². The van der Waals surface area contributed by atoms with Crippen molar-refractivity contribution in [3.05, 3.63) is 30.2 Å². The van der Waals surface area contributed by atoms with E-state index in [1.54, 1.807) is 0 Å². The van der Waals surface area contributed by atoms with Gasteiger partial charge in [0.25, 0.3) is 0 Å². The lowest BCUT2D eigenvalue weighted by Crippen LogP contribution is -2.54. The van der Waals surface area contributed by atoms with Crippen LogP contribution in [0.25, 0.3) is 5.65 Å². The molecule has 2 saturated heterocycles. The van der Waals surface area contributed by atoms with E-state index in [0.29, 0.717) is 12.5 Å². The molecule has 9 heteroatoms. The highest BCUT2D eigenvalue weighted by molar-refractivity contribution is 5.80. The van der Waals surface area contributed by atoms with Gasteiger partial charge in [-0.2, -0.15) is 0 Å². The third kappa shape index (κ3) is 5.76. The van der Waals surface area contributed by atoms with Crippen LogP contribution in [0.5, 0.6) is 0 Å². The van der Waals surface area contributed by atoms with E-state index in [4.69, 9.17) is 4.99 Å². The number of likely N-dealkylation sites (tertiary alicyclic amines) is 1. The summed E-state index contributed by atoms with van der Waals surface area (Å²) in [5, 5.41) is 12.0. The molecule has 2 aromatic rings. The molecule has 2 aromatic heterocycles. The molecule has 2 aliphatic heterocycles. The number of rotatable bonds is 7. The van der Waals surface area contributed by atoms with Crippen molar-refractivity contribution in [2.45, 2.75) is 39.0 Å². The predicted octanol–water partition coefficient (Wildman–Crippen LogP) is 1.26. The van der Waals surface area contributed by atoms with Crippen molar-refractivity contribution in [3.8, 4) is 0 Å². The fraction of sp³-hybridized carbons (Fsp3) is 0.652. The number of piperidine rings is 1. The number of aromatic nitrogens is 3. The normalized spacial score (nSPS) is 18.3. The second-order valence-electron chi connectivity index (χ2n) is 8.59. The molecule has 9 nitrogen and oxygen atoms in total. The van der Waals surface area contributed by atoms with Crippen LogP contribution in [0.1, 0.15) is 38.4 Å². The summed E-state index contributed by atoms with van der Waals surface area (Å²) < 4.78 is 2.04. The smallest absolute Gasteiger partial charge is 0.236 e. The Morgan fingerprint density at radius 3 is 2.62 bits per heavy atom. The highest BCUT2D eigenvalue weighted by Crippen LogP contribution is 2.10. The Balaban J connectivity index is 1.23. The zero-order valence-corrected chi connectivity index (χ0v) is 19.2. The van der Waals surface area contributed by atoms with E-state index in [2.05, 4.69) is 32.2 Å². The maximum atomic E-state index is 12.6. The molecule has 0 atom stereocenters. The average molecular weight is 441 g/mol. The highest BCUT2D eigenvalue weighted by atomic mass is 16.2. The molecule has 0 saturated carbocycles. The molecular weight excluding hydrogens is 404 g/mol. The number of nitrogens with zero attached hydrogens (tertiary/aromatic N) is 7. The molecule has 2 fully saturated rings. The Bertz CT molecular complexity index is 896. The average Bonchev–Trinajstić information content (AvgIpc) is 3.25. The van der Waals surface area contributed by atoms with E-state index in [-0.39, 0.29) is 0 Å². The van der Waals surface area contributed by atoms with E-state index < -0.39 is 0 Å². The van der Waals surface area contributed by atoms with Gasteiger partial charge in [-0.3, -0.25) is 19.1 Å². The monoisotopic (exact) mass is 440 g/mol. The van der Waals surface area contributed by atoms with Crippen LogP contribution in [0.15, 0.2) is 29.4 Å². The second-order valence-corrected chi connectivity index (χ2v) is 8.59.